The lowest BCUT2D eigenvalue weighted by Gasteiger charge is -2.56. The number of rotatable bonds is 4. The molecule has 166 valence electrons. The molecule has 0 amide bonds. The van der Waals surface area contributed by atoms with Gasteiger partial charge in [0.1, 0.15) is 6.61 Å². The van der Waals surface area contributed by atoms with Crippen molar-refractivity contribution >= 4 is 17.7 Å². The van der Waals surface area contributed by atoms with Crippen molar-refractivity contribution in [3.8, 4) is 0 Å². The lowest BCUT2D eigenvalue weighted by atomic mass is 9.48. The number of ether oxygens (including phenoxy) is 1. The lowest BCUT2D eigenvalue weighted by Crippen LogP contribution is -2.49. The largest absolute Gasteiger partial charge is 0.481 e. The molecule has 3 fully saturated rings. The summed E-state index contributed by atoms with van der Waals surface area (Å²) in [4.78, 5) is 35.7. The van der Waals surface area contributed by atoms with Gasteiger partial charge in [0, 0.05) is 12.8 Å². The quantitative estimate of drug-likeness (QED) is 0.526. The maximum atomic E-state index is 12.9. The molecule has 4 aliphatic rings. The Balaban J connectivity index is 1.56. The second-order valence-corrected chi connectivity index (χ2v) is 10.8. The molecule has 0 radical (unpaired) electrons. The van der Waals surface area contributed by atoms with Gasteiger partial charge >= 0.3 is 11.9 Å². The van der Waals surface area contributed by atoms with Crippen molar-refractivity contribution in [2.75, 3.05) is 6.61 Å². The van der Waals surface area contributed by atoms with Crippen LogP contribution >= 0.6 is 0 Å². The van der Waals surface area contributed by atoms with Gasteiger partial charge in [-0.3, -0.25) is 14.4 Å². The first kappa shape index (κ1) is 21.6. The molecule has 5 heteroatoms. The first-order valence-electron chi connectivity index (χ1n) is 11.7. The molecule has 0 aromatic carbocycles. The molecule has 7 atom stereocenters. The number of ketones is 1. The van der Waals surface area contributed by atoms with Crippen LogP contribution in [0.2, 0.25) is 0 Å². The highest BCUT2D eigenvalue weighted by atomic mass is 16.5. The number of aliphatic carboxylic acids is 1. The number of fused-ring (bicyclic) bond motifs is 5. The molecule has 4 aliphatic carbocycles. The molecular weight excluding hydrogens is 380 g/mol. The van der Waals surface area contributed by atoms with E-state index in [1.807, 2.05) is 0 Å². The zero-order valence-electron chi connectivity index (χ0n) is 18.6. The van der Waals surface area contributed by atoms with Crippen LogP contribution in [0.1, 0.15) is 78.6 Å². The predicted molar refractivity (Wildman–Crippen MR) is 113 cm³/mol. The number of carbonyl (C=O) groups is 3. The molecule has 5 nitrogen and oxygen atoms in total. The third-order valence-electron chi connectivity index (χ3n) is 9.50. The van der Waals surface area contributed by atoms with Crippen LogP contribution < -0.4 is 0 Å². The monoisotopic (exact) mass is 416 g/mol. The molecule has 30 heavy (non-hydrogen) atoms. The van der Waals surface area contributed by atoms with Gasteiger partial charge in [0.2, 0.25) is 0 Å². The van der Waals surface area contributed by atoms with Crippen molar-refractivity contribution in [2.45, 2.75) is 78.6 Å². The van der Waals surface area contributed by atoms with E-state index in [1.54, 1.807) is 0 Å². The summed E-state index contributed by atoms with van der Waals surface area (Å²) < 4.78 is 5.03. The van der Waals surface area contributed by atoms with Gasteiger partial charge in [0.15, 0.2) is 5.78 Å². The van der Waals surface area contributed by atoms with Crippen molar-refractivity contribution in [2.24, 2.45) is 40.4 Å². The van der Waals surface area contributed by atoms with Crippen LogP contribution in [-0.4, -0.2) is 29.4 Å². The SMILES string of the molecule is CC(=O)OCC(=O)[C@H]1CCC2C3CC=C4CC(C(=O)O)CCCC4(C)C3CCC21C. The van der Waals surface area contributed by atoms with E-state index < -0.39 is 11.9 Å². The molecule has 0 aliphatic heterocycles. The zero-order valence-corrected chi connectivity index (χ0v) is 18.6. The van der Waals surface area contributed by atoms with E-state index in [0.29, 0.717) is 24.2 Å². The van der Waals surface area contributed by atoms with Gasteiger partial charge in [-0.1, -0.05) is 31.9 Å². The predicted octanol–water partition coefficient (Wildman–Crippen LogP) is 4.79. The van der Waals surface area contributed by atoms with E-state index in [-0.39, 0.29) is 35.1 Å². The van der Waals surface area contributed by atoms with Gasteiger partial charge in [-0.05, 0) is 80.0 Å². The van der Waals surface area contributed by atoms with Crippen molar-refractivity contribution in [1.82, 2.24) is 0 Å². The molecule has 1 N–H and O–H groups in total. The highest BCUT2D eigenvalue weighted by Gasteiger charge is 2.59. The molecule has 0 heterocycles. The summed E-state index contributed by atoms with van der Waals surface area (Å²) in [6.45, 7) is 5.95. The van der Waals surface area contributed by atoms with E-state index in [0.717, 1.165) is 51.4 Å². The number of hydrogen-bond donors (Lipinski definition) is 1. The number of allylic oxidation sites excluding steroid dienone is 2. The third-order valence-corrected chi connectivity index (χ3v) is 9.50. The molecular formula is C25H36O5. The average Bonchev–Trinajstić information content (AvgIpc) is 2.93. The van der Waals surface area contributed by atoms with Crippen LogP contribution in [-0.2, 0) is 19.1 Å². The van der Waals surface area contributed by atoms with Gasteiger partial charge in [0.05, 0.1) is 5.92 Å². The van der Waals surface area contributed by atoms with E-state index >= 15 is 0 Å². The molecule has 0 spiro atoms. The fraction of sp³-hybridized carbons (Fsp3) is 0.800. The summed E-state index contributed by atoms with van der Waals surface area (Å²) in [6.07, 6.45) is 11.1. The van der Waals surface area contributed by atoms with Crippen LogP contribution in [0, 0.1) is 40.4 Å². The second kappa shape index (κ2) is 7.80. The number of Topliss-reactive ketones (excluding diaryl/α,β-unsaturated/α-hetero) is 1. The Morgan fingerprint density at radius 3 is 2.57 bits per heavy atom. The van der Waals surface area contributed by atoms with Crippen molar-refractivity contribution in [1.29, 1.82) is 0 Å². The number of carboxylic acids is 1. The Morgan fingerprint density at radius 2 is 1.87 bits per heavy atom. The minimum Gasteiger partial charge on any atom is -0.481 e. The van der Waals surface area contributed by atoms with Gasteiger partial charge in [-0.25, -0.2) is 0 Å². The second-order valence-electron chi connectivity index (χ2n) is 10.8. The fourth-order valence-electron chi connectivity index (χ4n) is 7.92. The molecule has 0 aromatic rings. The van der Waals surface area contributed by atoms with Crippen LogP contribution in [0.15, 0.2) is 11.6 Å². The smallest absolute Gasteiger partial charge is 0.306 e. The summed E-state index contributed by atoms with van der Waals surface area (Å²) in [6, 6.07) is 0. The minimum atomic E-state index is -0.650. The summed E-state index contributed by atoms with van der Waals surface area (Å²) in [5, 5.41) is 9.60. The van der Waals surface area contributed by atoms with E-state index in [2.05, 4.69) is 19.9 Å². The Kier molecular flexibility index (Phi) is 5.61. The topological polar surface area (TPSA) is 80.7 Å². The number of esters is 1. The standard InChI is InChI=1S/C25H36O5/c1-15(26)30-14-22(27)21-9-8-19-18-7-6-17-13-16(23(28)29)5-4-11-24(17,2)20(18)10-12-25(19,21)3/h6,16,18-21H,4-5,7-14H2,1-3H3,(H,28,29)/t16?,18?,19?,20?,21-,24?,25?/m1/s1. The minimum absolute atomic E-state index is 0.00552. The summed E-state index contributed by atoms with van der Waals surface area (Å²) in [7, 11) is 0. The average molecular weight is 417 g/mol. The van der Waals surface area contributed by atoms with Crippen molar-refractivity contribution < 1.29 is 24.2 Å². The van der Waals surface area contributed by atoms with Crippen molar-refractivity contribution in [3.63, 3.8) is 0 Å². The fourth-order valence-corrected chi connectivity index (χ4v) is 7.92. The first-order chi connectivity index (χ1) is 14.2. The van der Waals surface area contributed by atoms with Crippen molar-refractivity contribution in [3.05, 3.63) is 11.6 Å². The Bertz CT molecular complexity index is 770. The number of carbonyl (C=O) groups excluding carboxylic acids is 2. The molecule has 3 saturated carbocycles. The Hall–Kier alpha value is -1.65. The summed E-state index contributed by atoms with van der Waals surface area (Å²) >= 11 is 0. The maximum Gasteiger partial charge on any atom is 0.306 e. The maximum absolute atomic E-state index is 12.9. The first-order valence-corrected chi connectivity index (χ1v) is 11.7. The van der Waals surface area contributed by atoms with Gasteiger partial charge < -0.3 is 9.84 Å². The Morgan fingerprint density at radius 1 is 1.10 bits per heavy atom. The zero-order chi connectivity index (χ0) is 21.7. The van der Waals surface area contributed by atoms with Crippen LogP contribution in [0.5, 0.6) is 0 Å². The molecule has 0 bridgehead atoms. The normalized spacial score (nSPS) is 42.8. The van der Waals surface area contributed by atoms with Gasteiger partial charge in [0.25, 0.3) is 0 Å². The van der Waals surface area contributed by atoms with E-state index in [1.165, 1.54) is 12.5 Å². The summed E-state index contributed by atoms with van der Waals surface area (Å²) in [5.74, 6) is 0.489. The molecule has 0 saturated heterocycles. The van der Waals surface area contributed by atoms with Gasteiger partial charge in [-0.2, -0.15) is 0 Å². The van der Waals surface area contributed by atoms with E-state index in [9.17, 15) is 19.5 Å². The highest BCUT2D eigenvalue weighted by Crippen LogP contribution is 2.66. The highest BCUT2D eigenvalue weighted by molar-refractivity contribution is 5.85. The third kappa shape index (κ3) is 3.42. The Labute approximate surface area is 179 Å². The molecule has 6 unspecified atom stereocenters. The number of carboxylic acid groups (broad SMARTS) is 1. The number of hydrogen-bond acceptors (Lipinski definition) is 4. The molecule has 0 aromatic heterocycles. The van der Waals surface area contributed by atoms with Crippen LogP contribution in [0.25, 0.3) is 0 Å². The van der Waals surface area contributed by atoms with Crippen LogP contribution in [0.4, 0.5) is 0 Å². The van der Waals surface area contributed by atoms with E-state index in [4.69, 9.17) is 4.74 Å². The molecule has 4 rings (SSSR count). The summed E-state index contributed by atoms with van der Waals surface area (Å²) in [5.41, 5.74) is 1.49. The van der Waals surface area contributed by atoms with Gasteiger partial charge in [-0.15, -0.1) is 0 Å². The lowest BCUT2D eigenvalue weighted by molar-refractivity contribution is -0.149. The van der Waals surface area contributed by atoms with Crippen LogP contribution in [0.3, 0.4) is 0 Å².